The minimum absolute atomic E-state index is 0.327. The van der Waals surface area contributed by atoms with E-state index in [1.165, 1.54) is 0 Å². The van der Waals surface area contributed by atoms with Crippen molar-refractivity contribution >= 4 is 35.7 Å². The van der Waals surface area contributed by atoms with Crippen molar-refractivity contribution in [2.24, 2.45) is 5.10 Å². The molecular formula is C19H24ClN9. The van der Waals surface area contributed by atoms with Crippen molar-refractivity contribution in [1.29, 1.82) is 0 Å². The fourth-order valence-electron chi connectivity index (χ4n) is 2.63. The van der Waals surface area contributed by atoms with Gasteiger partial charge in [-0.3, -0.25) is 0 Å². The summed E-state index contributed by atoms with van der Waals surface area (Å²) in [5.74, 6) is 1.27. The van der Waals surface area contributed by atoms with Gasteiger partial charge < -0.3 is 10.6 Å². The highest BCUT2D eigenvalue weighted by Gasteiger charge is 2.12. The number of anilines is 3. The van der Waals surface area contributed by atoms with Crippen molar-refractivity contribution in [1.82, 2.24) is 24.7 Å². The van der Waals surface area contributed by atoms with E-state index in [0.29, 0.717) is 42.6 Å². The van der Waals surface area contributed by atoms with E-state index in [1.54, 1.807) is 10.9 Å². The van der Waals surface area contributed by atoms with Crippen LogP contribution in [0, 0.1) is 6.92 Å². The standard InChI is InChI=1S/C19H24ClN9/c1-4-21-17-24-18(22-5-2)26-19(25-17)27-23-11-15-13(3)28-29(16(15)20)12-14-9-7-6-8-10-14/h6-11H,4-5,12H2,1-3H3,(H3,21,22,24,25,26,27)/b23-11-. The average Bonchev–Trinajstić information content (AvgIpc) is 2.96. The smallest absolute Gasteiger partial charge is 0.250 e. The molecule has 9 nitrogen and oxygen atoms in total. The summed E-state index contributed by atoms with van der Waals surface area (Å²) in [6.07, 6.45) is 1.62. The Morgan fingerprint density at radius 1 is 1.00 bits per heavy atom. The number of rotatable bonds is 9. The fourth-order valence-corrected chi connectivity index (χ4v) is 2.91. The Balaban J connectivity index is 1.75. The molecular weight excluding hydrogens is 390 g/mol. The Kier molecular flexibility index (Phi) is 6.96. The van der Waals surface area contributed by atoms with Gasteiger partial charge in [-0.2, -0.15) is 25.2 Å². The number of hydrogen-bond acceptors (Lipinski definition) is 8. The van der Waals surface area contributed by atoms with Gasteiger partial charge in [0, 0.05) is 13.1 Å². The second-order valence-electron chi connectivity index (χ2n) is 6.17. The maximum Gasteiger partial charge on any atom is 0.250 e. The lowest BCUT2D eigenvalue weighted by molar-refractivity contribution is 0.680. The van der Waals surface area contributed by atoms with E-state index in [4.69, 9.17) is 11.6 Å². The van der Waals surface area contributed by atoms with Crippen molar-refractivity contribution in [3.8, 4) is 0 Å². The molecule has 0 aliphatic carbocycles. The third-order valence-corrected chi connectivity index (χ3v) is 4.35. The molecule has 0 amide bonds. The molecule has 10 heteroatoms. The molecule has 1 aromatic carbocycles. The van der Waals surface area contributed by atoms with Gasteiger partial charge in [0.05, 0.1) is 24.0 Å². The molecule has 3 aromatic rings. The van der Waals surface area contributed by atoms with E-state index in [2.05, 4.69) is 41.2 Å². The molecule has 2 aromatic heterocycles. The molecule has 0 bridgehead atoms. The van der Waals surface area contributed by atoms with Gasteiger partial charge in [0.25, 0.3) is 0 Å². The van der Waals surface area contributed by atoms with E-state index in [1.807, 2.05) is 51.1 Å². The van der Waals surface area contributed by atoms with Crippen molar-refractivity contribution in [2.45, 2.75) is 27.3 Å². The summed E-state index contributed by atoms with van der Waals surface area (Å²) in [5, 5.41) is 15.4. The van der Waals surface area contributed by atoms with E-state index in [-0.39, 0.29) is 0 Å². The van der Waals surface area contributed by atoms with Gasteiger partial charge >= 0.3 is 0 Å². The number of benzene rings is 1. The van der Waals surface area contributed by atoms with E-state index < -0.39 is 0 Å². The maximum atomic E-state index is 6.51. The quantitative estimate of drug-likeness (QED) is 0.364. The maximum absolute atomic E-state index is 6.51. The number of aryl methyl sites for hydroxylation is 1. The van der Waals surface area contributed by atoms with Crippen LogP contribution in [0.3, 0.4) is 0 Å². The molecule has 0 saturated carbocycles. The molecule has 0 radical (unpaired) electrons. The number of hydrazone groups is 1. The lowest BCUT2D eigenvalue weighted by atomic mass is 10.2. The van der Waals surface area contributed by atoms with Gasteiger partial charge in [-0.1, -0.05) is 41.9 Å². The second-order valence-corrected chi connectivity index (χ2v) is 6.53. The number of aromatic nitrogens is 5. The molecule has 3 rings (SSSR count). The highest BCUT2D eigenvalue weighted by molar-refractivity contribution is 6.32. The van der Waals surface area contributed by atoms with Gasteiger partial charge in [-0.15, -0.1) is 0 Å². The Morgan fingerprint density at radius 2 is 1.62 bits per heavy atom. The van der Waals surface area contributed by atoms with Gasteiger partial charge in [-0.05, 0) is 26.3 Å². The molecule has 0 atom stereocenters. The summed E-state index contributed by atoms with van der Waals surface area (Å²) in [5.41, 5.74) is 5.48. The molecule has 0 spiro atoms. The SMILES string of the molecule is CCNc1nc(NCC)nc(N/N=C\c2c(C)nn(Cc3ccccc3)c2Cl)n1. The van der Waals surface area contributed by atoms with Gasteiger partial charge in [-0.25, -0.2) is 10.1 Å². The number of halogens is 1. The monoisotopic (exact) mass is 413 g/mol. The largest absolute Gasteiger partial charge is 0.354 e. The minimum atomic E-state index is 0.327. The van der Waals surface area contributed by atoms with Crippen LogP contribution in [-0.4, -0.2) is 44.0 Å². The van der Waals surface area contributed by atoms with Crippen molar-refractivity contribution in [2.75, 3.05) is 29.1 Å². The second kappa shape index (κ2) is 9.83. The number of nitrogens with one attached hydrogen (secondary N) is 3. The van der Waals surface area contributed by atoms with Gasteiger partial charge in [0.1, 0.15) is 5.15 Å². The third-order valence-electron chi connectivity index (χ3n) is 3.95. The highest BCUT2D eigenvalue weighted by atomic mass is 35.5. The first-order chi connectivity index (χ1) is 14.1. The normalized spacial score (nSPS) is 11.0. The Hall–Kier alpha value is -3.20. The van der Waals surface area contributed by atoms with Crippen LogP contribution in [0.25, 0.3) is 0 Å². The highest BCUT2D eigenvalue weighted by Crippen LogP contribution is 2.19. The van der Waals surface area contributed by atoms with E-state index >= 15 is 0 Å². The van der Waals surface area contributed by atoms with Gasteiger partial charge in [0.15, 0.2) is 0 Å². The Labute approximate surface area is 174 Å². The van der Waals surface area contributed by atoms with Crippen LogP contribution in [0.4, 0.5) is 17.8 Å². The van der Waals surface area contributed by atoms with Gasteiger partial charge in [0.2, 0.25) is 17.8 Å². The minimum Gasteiger partial charge on any atom is -0.354 e. The lowest BCUT2D eigenvalue weighted by Crippen LogP contribution is -2.10. The molecule has 0 aliphatic rings. The average molecular weight is 414 g/mol. The zero-order chi connectivity index (χ0) is 20.6. The van der Waals surface area contributed by atoms with Crippen molar-refractivity contribution in [3.05, 3.63) is 52.3 Å². The molecule has 0 saturated heterocycles. The third kappa shape index (κ3) is 5.41. The zero-order valence-corrected chi connectivity index (χ0v) is 17.4. The predicted molar refractivity (Wildman–Crippen MR) is 117 cm³/mol. The number of nitrogens with zero attached hydrogens (tertiary/aromatic N) is 6. The molecule has 29 heavy (non-hydrogen) atoms. The fraction of sp³-hybridized carbons (Fsp3) is 0.316. The summed E-state index contributed by atoms with van der Waals surface area (Å²) in [7, 11) is 0. The molecule has 3 N–H and O–H groups in total. The lowest BCUT2D eigenvalue weighted by Gasteiger charge is -2.07. The molecule has 0 unspecified atom stereocenters. The first-order valence-electron chi connectivity index (χ1n) is 9.40. The summed E-state index contributed by atoms with van der Waals surface area (Å²) in [6.45, 7) is 7.83. The molecule has 152 valence electrons. The van der Waals surface area contributed by atoms with E-state index in [9.17, 15) is 0 Å². The van der Waals surface area contributed by atoms with Crippen LogP contribution in [0.5, 0.6) is 0 Å². The summed E-state index contributed by atoms with van der Waals surface area (Å²) >= 11 is 6.51. The Morgan fingerprint density at radius 3 is 2.24 bits per heavy atom. The first-order valence-corrected chi connectivity index (χ1v) is 9.78. The zero-order valence-electron chi connectivity index (χ0n) is 16.6. The van der Waals surface area contributed by atoms with Crippen molar-refractivity contribution < 1.29 is 0 Å². The van der Waals surface area contributed by atoms with E-state index in [0.717, 1.165) is 16.8 Å². The van der Waals surface area contributed by atoms with Crippen LogP contribution < -0.4 is 16.1 Å². The Bertz CT molecular complexity index is 945. The number of hydrogen-bond donors (Lipinski definition) is 3. The molecule has 0 fully saturated rings. The van der Waals surface area contributed by atoms with Crippen LogP contribution in [0.1, 0.15) is 30.7 Å². The van der Waals surface area contributed by atoms with Crippen LogP contribution in [-0.2, 0) is 6.54 Å². The summed E-state index contributed by atoms with van der Waals surface area (Å²) in [6, 6.07) is 10.0. The molecule has 0 aliphatic heterocycles. The molecule has 2 heterocycles. The van der Waals surface area contributed by atoms with Crippen molar-refractivity contribution in [3.63, 3.8) is 0 Å². The van der Waals surface area contributed by atoms with Crippen LogP contribution in [0.2, 0.25) is 5.15 Å². The summed E-state index contributed by atoms with van der Waals surface area (Å²) in [4.78, 5) is 12.9. The topological polar surface area (TPSA) is 105 Å². The predicted octanol–water partition coefficient (Wildman–Crippen LogP) is 3.39. The van der Waals surface area contributed by atoms with Crippen LogP contribution in [0.15, 0.2) is 35.4 Å². The van der Waals surface area contributed by atoms with Crippen LogP contribution >= 0.6 is 11.6 Å². The first kappa shape index (κ1) is 20.5. The summed E-state index contributed by atoms with van der Waals surface area (Å²) < 4.78 is 1.75.